The summed E-state index contributed by atoms with van der Waals surface area (Å²) in [5.41, 5.74) is 1.57. The average molecular weight is 378 g/mol. The van der Waals surface area contributed by atoms with E-state index in [0.717, 1.165) is 29.8 Å². The van der Waals surface area contributed by atoms with Crippen molar-refractivity contribution in [3.63, 3.8) is 0 Å². The number of aryl methyl sites for hydroxylation is 1. The molecule has 144 valence electrons. The number of nitrogens with zero attached hydrogens (tertiary/aromatic N) is 3. The van der Waals surface area contributed by atoms with Crippen LogP contribution in [-0.4, -0.2) is 27.1 Å². The lowest BCUT2D eigenvalue weighted by Gasteiger charge is -2.13. The zero-order valence-electron chi connectivity index (χ0n) is 15.5. The predicted molar refractivity (Wildman–Crippen MR) is 104 cm³/mol. The Morgan fingerprint density at radius 3 is 2.61 bits per heavy atom. The van der Waals surface area contributed by atoms with Crippen molar-refractivity contribution in [1.82, 2.24) is 15.1 Å². The van der Waals surface area contributed by atoms with Gasteiger partial charge in [-0.1, -0.05) is 5.16 Å². The monoisotopic (exact) mass is 378 g/mol. The van der Waals surface area contributed by atoms with Crippen LogP contribution in [0.2, 0.25) is 0 Å². The van der Waals surface area contributed by atoms with Gasteiger partial charge in [-0.3, -0.25) is 9.78 Å². The number of carbonyl (C=O) groups excluding carboxylic acids is 1. The second kappa shape index (κ2) is 8.65. The fourth-order valence-electron chi connectivity index (χ4n) is 3.23. The summed E-state index contributed by atoms with van der Waals surface area (Å²) in [5, 5.41) is 6.82. The molecular formula is C21H22N4O3. The summed E-state index contributed by atoms with van der Waals surface area (Å²) >= 11 is 0. The zero-order valence-corrected chi connectivity index (χ0v) is 15.5. The Hall–Kier alpha value is -3.22. The van der Waals surface area contributed by atoms with Gasteiger partial charge in [0.05, 0.1) is 6.10 Å². The van der Waals surface area contributed by atoms with Gasteiger partial charge in [0.15, 0.2) is 0 Å². The number of hydrogen-bond donors (Lipinski definition) is 1. The van der Waals surface area contributed by atoms with Crippen molar-refractivity contribution in [2.24, 2.45) is 0 Å². The van der Waals surface area contributed by atoms with Crippen LogP contribution in [0.3, 0.4) is 0 Å². The first-order valence-electron chi connectivity index (χ1n) is 9.56. The molecule has 7 heteroatoms. The number of ether oxygens (including phenoxy) is 1. The molecule has 1 saturated carbocycles. The quantitative estimate of drug-likeness (QED) is 0.668. The Labute approximate surface area is 163 Å². The van der Waals surface area contributed by atoms with Gasteiger partial charge in [0.2, 0.25) is 17.6 Å². The highest BCUT2D eigenvalue weighted by Crippen LogP contribution is 2.25. The molecule has 7 nitrogen and oxygen atoms in total. The Balaban J connectivity index is 1.26. The molecule has 4 rings (SSSR count). The molecule has 3 aromatic rings. The molecule has 0 aliphatic heterocycles. The number of amides is 1. The summed E-state index contributed by atoms with van der Waals surface area (Å²) < 4.78 is 11.2. The summed E-state index contributed by atoms with van der Waals surface area (Å²) in [4.78, 5) is 20.5. The summed E-state index contributed by atoms with van der Waals surface area (Å²) in [7, 11) is 0. The van der Waals surface area contributed by atoms with Crippen LogP contribution in [0.4, 0.5) is 5.69 Å². The van der Waals surface area contributed by atoms with Crippen molar-refractivity contribution >= 4 is 11.6 Å². The summed E-state index contributed by atoms with van der Waals surface area (Å²) in [6.45, 7) is 0. The first-order chi connectivity index (χ1) is 13.8. The number of anilines is 1. The van der Waals surface area contributed by atoms with Crippen LogP contribution in [-0.2, 0) is 11.2 Å². The first-order valence-corrected chi connectivity index (χ1v) is 9.56. The molecule has 0 spiro atoms. The van der Waals surface area contributed by atoms with Gasteiger partial charge in [-0.25, -0.2) is 0 Å². The Kier molecular flexibility index (Phi) is 5.61. The van der Waals surface area contributed by atoms with E-state index >= 15 is 0 Å². The van der Waals surface area contributed by atoms with Gasteiger partial charge in [-0.05, 0) is 62.1 Å². The first kappa shape index (κ1) is 18.2. The molecule has 0 atom stereocenters. The molecule has 2 aromatic heterocycles. The number of hydrogen-bond acceptors (Lipinski definition) is 6. The summed E-state index contributed by atoms with van der Waals surface area (Å²) in [6.07, 6.45) is 9.03. The Bertz CT molecular complexity index is 903. The number of rotatable bonds is 7. The van der Waals surface area contributed by atoms with Gasteiger partial charge in [0.25, 0.3) is 0 Å². The molecule has 0 unspecified atom stereocenters. The van der Waals surface area contributed by atoms with Crippen LogP contribution in [0.1, 0.15) is 38.0 Å². The van der Waals surface area contributed by atoms with E-state index in [1.807, 2.05) is 24.3 Å². The highest BCUT2D eigenvalue weighted by Gasteiger charge is 2.16. The van der Waals surface area contributed by atoms with Gasteiger partial charge in [0, 0.05) is 36.5 Å². The van der Waals surface area contributed by atoms with E-state index in [2.05, 4.69) is 20.4 Å². The molecule has 2 heterocycles. The maximum absolute atomic E-state index is 12.2. The largest absolute Gasteiger partial charge is 0.490 e. The van der Waals surface area contributed by atoms with Gasteiger partial charge in [-0.2, -0.15) is 4.98 Å². The number of aromatic nitrogens is 3. The second-order valence-corrected chi connectivity index (χ2v) is 6.84. The molecule has 1 amide bonds. The topological polar surface area (TPSA) is 90.1 Å². The fraction of sp³-hybridized carbons (Fsp3) is 0.333. The van der Waals surface area contributed by atoms with Crippen LogP contribution < -0.4 is 10.1 Å². The Morgan fingerprint density at radius 2 is 1.86 bits per heavy atom. The number of pyridine rings is 1. The van der Waals surface area contributed by atoms with Crippen LogP contribution in [0.5, 0.6) is 5.75 Å². The van der Waals surface area contributed by atoms with Gasteiger partial charge >= 0.3 is 0 Å². The van der Waals surface area contributed by atoms with Gasteiger partial charge < -0.3 is 14.6 Å². The molecule has 1 aromatic carbocycles. The number of benzene rings is 1. The third-order valence-corrected chi connectivity index (χ3v) is 4.72. The molecule has 0 saturated heterocycles. The van der Waals surface area contributed by atoms with Crippen molar-refractivity contribution < 1.29 is 14.1 Å². The molecule has 1 aliphatic rings. The van der Waals surface area contributed by atoms with E-state index in [9.17, 15) is 4.79 Å². The lowest BCUT2D eigenvalue weighted by Crippen LogP contribution is -2.13. The summed E-state index contributed by atoms with van der Waals surface area (Å²) in [6, 6.07) is 11.1. The van der Waals surface area contributed by atoms with Crippen molar-refractivity contribution in [2.75, 3.05) is 5.32 Å². The molecule has 0 radical (unpaired) electrons. The van der Waals surface area contributed by atoms with Crippen molar-refractivity contribution in [2.45, 2.75) is 44.6 Å². The van der Waals surface area contributed by atoms with E-state index < -0.39 is 0 Å². The predicted octanol–water partition coefficient (Wildman–Crippen LogP) is 4.02. The maximum atomic E-state index is 12.2. The van der Waals surface area contributed by atoms with E-state index in [1.54, 1.807) is 24.5 Å². The number of nitrogens with one attached hydrogen (secondary N) is 1. The lowest BCUT2D eigenvalue weighted by molar-refractivity contribution is -0.116. The highest BCUT2D eigenvalue weighted by molar-refractivity contribution is 5.90. The van der Waals surface area contributed by atoms with Crippen LogP contribution in [0.25, 0.3) is 11.4 Å². The van der Waals surface area contributed by atoms with Crippen LogP contribution in [0.15, 0.2) is 53.3 Å². The highest BCUT2D eigenvalue weighted by atomic mass is 16.5. The standard InChI is InChI=1S/C21H22N4O3/c26-19(9-10-20-24-21(25-28-20)15-11-13-22-14-12-15)23-16-5-7-18(8-6-16)27-17-3-1-2-4-17/h5-8,11-14,17H,1-4,9-10H2,(H,23,26). The normalized spacial score (nSPS) is 14.1. The van der Waals surface area contributed by atoms with Crippen LogP contribution >= 0.6 is 0 Å². The minimum Gasteiger partial charge on any atom is -0.490 e. The van der Waals surface area contributed by atoms with E-state index in [-0.39, 0.29) is 12.3 Å². The third kappa shape index (κ3) is 4.73. The molecule has 28 heavy (non-hydrogen) atoms. The smallest absolute Gasteiger partial charge is 0.227 e. The SMILES string of the molecule is O=C(CCc1nc(-c2ccncc2)no1)Nc1ccc(OC2CCCC2)cc1. The summed E-state index contributed by atoms with van der Waals surface area (Å²) in [5.74, 6) is 1.67. The average Bonchev–Trinajstić information content (AvgIpc) is 3.41. The van der Waals surface area contributed by atoms with Gasteiger partial charge in [-0.15, -0.1) is 0 Å². The zero-order chi connectivity index (χ0) is 19.2. The van der Waals surface area contributed by atoms with Crippen molar-refractivity contribution in [3.05, 3.63) is 54.7 Å². The molecular weight excluding hydrogens is 356 g/mol. The minimum absolute atomic E-state index is 0.104. The fourth-order valence-corrected chi connectivity index (χ4v) is 3.23. The molecule has 1 N–H and O–H groups in total. The van der Waals surface area contributed by atoms with E-state index in [0.29, 0.717) is 24.2 Å². The van der Waals surface area contributed by atoms with Crippen molar-refractivity contribution in [3.8, 4) is 17.1 Å². The molecule has 0 bridgehead atoms. The van der Waals surface area contributed by atoms with Crippen molar-refractivity contribution in [1.29, 1.82) is 0 Å². The maximum Gasteiger partial charge on any atom is 0.227 e. The molecule has 1 aliphatic carbocycles. The van der Waals surface area contributed by atoms with E-state index in [4.69, 9.17) is 9.26 Å². The second-order valence-electron chi connectivity index (χ2n) is 6.84. The van der Waals surface area contributed by atoms with Crippen LogP contribution in [0, 0.1) is 0 Å². The minimum atomic E-state index is -0.104. The van der Waals surface area contributed by atoms with E-state index in [1.165, 1.54) is 12.8 Å². The Morgan fingerprint density at radius 1 is 1.11 bits per heavy atom. The molecule has 1 fully saturated rings. The van der Waals surface area contributed by atoms with Gasteiger partial charge in [0.1, 0.15) is 5.75 Å². The number of carbonyl (C=O) groups is 1. The lowest BCUT2D eigenvalue weighted by atomic mass is 10.2. The third-order valence-electron chi connectivity index (χ3n) is 4.72.